The van der Waals surface area contributed by atoms with Gasteiger partial charge in [-0.2, -0.15) is 0 Å². The third-order valence-corrected chi connectivity index (χ3v) is 2.28. The first-order valence-electron chi connectivity index (χ1n) is 4.57. The summed E-state index contributed by atoms with van der Waals surface area (Å²) in [5.41, 5.74) is 0. The summed E-state index contributed by atoms with van der Waals surface area (Å²) in [5, 5.41) is 9.31. The lowest BCUT2D eigenvalue weighted by atomic mass is 10.0. The number of carbonyl (C=O) groups is 1. The molecule has 0 saturated carbocycles. The Morgan fingerprint density at radius 2 is 2.14 bits per heavy atom. The van der Waals surface area contributed by atoms with Gasteiger partial charge in [0.2, 0.25) is 0 Å². The monoisotopic (exact) mass is 196 g/mol. The maximum Gasteiger partial charge on any atom is 0.331 e. The van der Waals surface area contributed by atoms with Crippen LogP contribution in [-0.2, 0) is 14.3 Å². The van der Waals surface area contributed by atoms with Crippen LogP contribution in [0.3, 0.4) is 0 Å². The van der Waals surface area contributed by atoms with Crippen molar-refractivity contribution in [2.24, 2.45) is 0 Å². The van der Waals surface area contributed by atoms with Crippen molar-refractivity contribution in [3.63, 3.8) is 0 Å². The number of carbonyl (C=O) groups excluding carboxylic acids is 1. The number of hydrogen-bond acceptors (Lipinski definition) is 4. The molecule has 4 atom stereocenters. The van der Waals surface area contributed by atoms with E-state index in [0.29, 0.717) is 0 Å². The van der Waals surface area contributed by atoms with Gasteiger partial charge >= 0.3 is 5.97 Å². The molecule has 0 saturated heterocycles. The Morgan fingerprint density at radius 1 is 1.36 bits per heavy atom. The first-order chi connectivity index (χ1) is 6.66. The van der Waals surface area contributed by atoms with Gasteiger partial charge in [-0.25, -0.2) is 4.79 Å². The van der Waals surface area contributed by atoms with E-state index in [1.807, 2.05) is 0 Å². The fourth-order valence-corrected chi connectivity index (χ4v) is 1.52. The molecule has 14 heavy (non-hydrogen) atoms. The van der Waals surface area contributed by atoms with Crippen LogP contribution < -0.4 is 0 Å². The standard InChI is InChI=1S/C10H12O4/c1-6(11)7-2-3-9-8(13-7)4-5-10(12)14-9/h2-9,11H,1H3/t6-,7?,8?,9?/m0/s1. The average Bonchev–Trinajstić information content (AvgIpc) is 2.16. The number of esters is 1. The van der Waals surface area contributed by atoms with Gasteiger partial charge in [-0.3, -0.25) is 0 Å². The molecule has 0 aliphatic carbocycles. The number of rotatable bonds is 1. The van der Waals surface area contributed by atoms with Crippen molar-refractivity contribution < 1.29 is 19.4 Å². The second kappa shape index (κ2) is 3.55. The number of hydrogen-bond donors (Lipinski definition) is 1. The number of aliphatic hydroxyl groups excluding tert-OH is 1. The van der Waals surface area contributed by atoms with E-state index >= 15 is 0 Å². The fraction of sp³-hybridized carbons (Fsp3) is 0.500. The van der Waals surface area contributed by atoms with Gasteiger partial charge in [-0.15, -0.1) is 0 Å². The molecule has 0 aromatic carbocycles. The molecule has 2 heterocycles. The van der Waals surface area contributed by atoms with Crippen LogP contribution in [0.25, 0.3) is 0 Å². The predicted molar refractivity (Wildman–Crippen MR) is 48.5 cm³/mol. The van der Waals surface area contributed by atoms with Gasteiger partial charge in [0.15, 0.2) is 6.10 Å². The van der Waals surface area contributed by atoms with Gasteiger partial charge in [0.1, 0.15) is 12.2 Å². The quantitative estimate of drug-likeness (QED) is 0.480. The Hall–Kier alpha value is -1.13. The molecule has 0 radical (unpaired) electrons. The highest BCUT2D eigenvalue weighted by Crippen LogP contribution is 2.21. The van der Waals surface area contributed by atoms with Crippen molar-refractivity contribution in [3.05, 3.63) is 24.3 Å². The van der Waals surface area contributed by atoms with E-state index in [2.05, 4.69) is 0 Å². The van der Waals surface area contributed by atoms with E-state index in [4.69, 9.17) is 9.47 Å². The Kier molecular flexibility index (Phi) is 2.39. The molecule has 4 nitrogen and oxygen atoms in total. The molecule has 0 spiro atoms. The molecule has 2 aliphatic rings. The summed E-state index contributed by atoms with van der Waals surface area (Å²) in [6.07, 6.45) is 5.00. The van der Waals surface area contributed by atoms with Crippen LogP contribution in [0.15, 0.2) is 24.3 Å². The van der Waals surface area contributed by atoms with Crippen LogP contribution in [-0.4, -0.2) is 35.5 Å². The van der Waals surface area contributed by atoms with Crippen molar-refractivity contribution in [1.82, 2.24) is 0 Å². The Bertz CT molecular complexity index is 292. The van der Waals surface area contributed by atoms with E-state index in [1.54, 1.807) is 25.2 Å². The van der Waals surface area contributed by atoms with Crippen molar-refractivity contribution in [2.45, 2.75) is 31.3 Å². The predicted octanol–water partition coefficient (Wildman–Crippen LogP) is 0.172. The highest BCUT2D eigenvalue weighted by molar-refractivity contribution is 5.83. The first-order valence-corrected chi connectivity index (χ1v) is 4.57. The van der Waals surface area contributed by atoms with Gasteiger partial charge in [0.05, 0.1) is 6.10 Å². The minimum atomic E-state index is -0.557. The lowest BCUT2D eigenvalue weighted by Gasteiger charge is -2.33. The summed E-state index contributed by atoms with van der Waals surface area (Å²) in [4.78, 5) is 10.9. The Balaban J connectivity index is 2.12. The number of ether oxygens (including phenoxy) is 2. The third kappa shape index (κ3) is 1.71. The highest BCUT2D eigenvalue weighted by atomic mass is 16.6. The van der Waals surface area contributed by atoms with E-state index in [0.717, 1.165) is 0 Å². The summed E-state index contributed by atoms with van der Waals surface area (Å²) in [6.45, 7) is 1.66. The maximum absolute atomic E-state index is 10.9. The third-order valence-electron chi connectivity index (χ3n) is 2.28. The molecule has 0 fully saturated rings. The van der Waals surface area contributed by atoms with Crippen LogP contribution in [0.2, 0.25) is 0 Å². The number of aliphatic hydroxyl groups is 1. The van der Waals surface area contributed by atoms with Crippen molar-refractivity contribution in [2.75, 3.05) is 0 Å². The van der Waals surface area contributed by atoms with E-state index in [1.165, 1.54) is 6.08 Å². The molecule has 76 valence electrons. The van der Waals surface area contributed by atoms with Gasteiger partial charge < -0.3 is 14.6 Å². The largest absolute Gasteiger partial charge is 0.452 e. The zero-order chi connectivity index (χ0) is 10.1. The maximum atomic E-state index is 10.9. The molecule has 1 N–H and O–H groups in total. The normalized spacial score (nSPS) is 37.6. The highest BCUT2D eigenvalue weighted by Gasteiger charge is 2.32. The molecule has 0 amide bonds. The summed E-state index contributed by atoms with van der Waals surface area (Å²) >= 11 is 0. The summed E-state index contributed by atoms with van der Waals surface area (Å²) in [5.74, 6) is -0.352. The molecule has 3 unspecified atom stereocenters. The van der Waals surface area contributed by atoms with Gasteiger partial charge in [0.25, 0.3) is 0 Å². The van der Waals surface area contributed by atoms with E-state index in [9.17, 15) is 9.90 Å². The van der Waals surface area contributed by atoms with Crippen LogP contribution in [0.1, 0.15) is 6.92 Å². The molecule has 0 aromatic rings. The van der Waals surface area contributed by atoms with Crippen molar-refractivity contribution in [1.29, 1.82) is 0 Å². The molecule has 0 aromatic heterocycles. The van der Waals surface area contributed by atoms with Crippen molar-refractivity contribution >= 4 is 5.97 Å². The Labute approximate surface area is 81.8 Å². The topological polar surface area (TPSA) is 55.8 Å². The summed E-state index contributed by atoms with van der Waals surface area (Å²) in [6, 6.07) is 0. The lowest BCUT2D eigenvalue weighted by Crippen LogP contribution is -2.42. The molecule has 4 heteroatoms. The summed E-state index contributed by atoms with van der Waals surface area (Å²) in [7, 11) is 0. The first kappa shape index (κ1) is 9.43. The minimum Gasteiger partial charge on any atom is -0.452 e. The van der Waals surface area contributed by atoms with E-state index in [-0.39, 0.29) is 24.3 Å². The SMILES string of the molecule is C[C@H](O)C1C=CC2OC(=O)C=CC2O1. The molecular formula is C10H12O4. The van der Waals surface area contributed by atoms with Gasteiger partial charge in [0, 0.05) is 6.08 Å². The summed E-state index contributed by atoms with van der Waals surface area (Å²) < 4.78 is 10.5. The van der Waals surface area contributed by atoms with Crippen LogP contribution in [0.4, 0.5) is 0 Å². The smallest absolute Gasteiger partial charge is 0.331 e. The average molecular weight is 196 g/mol. The van der Waals surface area contributed by atoms with E-state index < -0.39 is 6.10 Å². The second-order valence-electron chi connectivity index (χ2n) is 3.45. The zero-order valence-electron chi connectivity index (χ0n) is 7.79. The van der Waals surface area contributed by atoms with Crippen LogP contribution >= 0.6 is 0 Å². The Morgan fingerprint density at radius 3 is 2.86 bits per heavy atom. The number of fused-ring (bicyclic) bond motifs is 1. The molecular weight excluding hydrogens is 184 g/mol. The minimum absolute atomic E-state index is 0.266. The molecule has 0 bridgehead atoms. The zero-order valence-corrected chi connectivity index (χ0v) is 7.79. The molecule has 2 rings (SSSR count). The molecule has 2 aliphatic heterocycles. The van der Waals surface area contributed by atoms with Gasteiger partial charge in [-0.1, -0.05) is 6.08 Å². The lowest BCUT2D eigenvalue weighted by molar-refractivity contribution is -0.153. The van der Waals surface area contributed by atoms with Crippen molar-refractivity contribution in [3.8, 4) is 0 Å². The van der Waals surface area contributed by atoms with Crippen LogP contribution in [0.5, 0.6) is 0 Å². The second-order valence-corrected chi connectivity index (χ2v) is 3.45. The van der Waals surface area contributed by atoms with Crippen LogP contribution in [0, 0.1) is 0 Å². The van der Waals surface area contributed by atoms with Gasteiger partial charge in [-0.05, 0) is 19.1 Å². The fourth-order valence-electron chi connectivity index (χ4n) is 1.52.